The summed E-state index contributed by atoms with van der Waals surface area (Å²) in [6.45, 7) is 0.996. The highest BCUT2D eigenvalue weighted by atomic mass is 19.1. The van der Waals surface area contributed by atoms with Crippen molar-refractivity contribution in [3.8, 4) is 0 Å². The van der Waals surface area contributed by atoms with Gasteiger partial charge in [0.1, 0.15) is 18.3 Å². The van der Waals surface area contributed by atoms with Crippen molar-refractivity contribution in [3.63, 3.8) is 0 Å². The Morgan fingerprint density at radius 2 is 2.10 bits per heavy atom. The molecule has 0 radical (unpaired) electrons. The largest absolute Gasteiger partial charge is 0.459 e. The summed E-state index contributed by atoms with van der Waals surface area (Å²) in [7, 11) is 1.31. The van der Waals surface area contributed by atoms with Gasteiger partial charge in [-0.2, -0.15) is 0 Å². The van der Waals surface area contributed by atoms with Crippen LogP contribution >= 0.6 is 0 Å². The number of benzene rings is 1. The van der Waals surface area contributed by atoms with Gasteiger partial charge in [0, 0.05) is 7.11 Å². The van der Waals surface area contributed by atoms with Gasteiger partial charge in [-0.25, -0.2) is 9.18 Å². The van der Waals surface area contributed by atoms with E-state index in [0.717, 1.165) is 0 Å². The van der Waals surface area contributed by atoms with Crippen LogP contribution in [0, 0.1) is 0 Å². The van der Waals surface area contributed by atoms with Crippen LogP contribution in [0.2, 0.25) is 0 Å². The minimum atomic E-state index is -1.77. The Balaban J connectivity index is 1.94. The molecule has 1 saturated heterocycles. The van der Waals surface area contributed by atoms with Gasteiger partial charge in [-0.1, -0.05) is 18.2 Å². The zero-order chi connectivity index (χ0) is 14.8. The van der Waals surface area contributed by atoms with Gasteiger partial charge in [-0.05, 0) is 19.1 Å². The average molecular weight is 284 g/mol. The number of methoxy groups -OCH3 is 1. The Morgan fingerprint density at radius 1 is 1.45 bits per heavy atom. The molecular weight excluding hydrogens is 267 g/mol. The maximum absolute atomic E-state index is 14.0. The Bertz CT molecular complexity index is 462. The monoisotopic (exact) mass is 284 g/mol. The van der Waals surface area contributed by atoms with Gasteiger partial charge in [-0.3, -0.25) is 0 Å². The van der Waals surface area contributed by atoms with Crippen LogP contribution in [0.15, 0.2) is 30.3 Å². The first-order valence-corrected chi connectivity index (χ1v) is 6.23. The Hall–Kier alpha value is -1.50. The summed E-state index contributed by atoms with van der Waals surface area (Å²) in [5, 5.41) is 9.91. The second kappa shape index (κ2) is 5.87. The van der Waals surface area contributed by atoms with E-state index in [-0.39, 0.29) is 6.61 Å². The number of hydrogen-bond donors (Lipinski definition) is 1. The summed E-state index contributed by atoms with van der Waals surface area (Å²) < 4.78 is 29.1. The smallest absolute Gasteiger partial charge is 0.338 e. The molecule has 0 aromatic heterocycles. The Morgan fingerprint density at radius 3 is 2.65 bits per heavy atom. The normalized spacial score (nSPS) is 33.1. The van der Waals surface area contributed by atoms with Crippen molar-refractivity contribution in [1.29, 1.82) is 0 Å². The van der Waals surface area contributed by atoms with E-state index in [1.807, 2.05) is 0 Å². The predicted octanol–water partition coefficient (Wildman–Crippen LogP) is 1.30. The number of ether oxygens (including phenoxy) is 3. The molecule has 1 fully saturated rings. The maximum atomic E-state index is 14.0. The molecule has 1 aromatic rings. The molecule has 0 saturated carbocycles. The van der Waals surface area contributed by atoms with Crippen molar-refractivity contribution < 1.29 is 28.5 Å². The molecule has 0 bridgehead atoms. The lowest BCUT2D eigenvalue weighted by atomic mass is 9.99. The minimum Gasteiger partial charge on any atom is -0.459 e. The standard InChI is InChI=1S/C14H17FO5/c1-14(17)11(15)10(20-13(14)18-2)8-19-12(16)9-6-4-3-5-7-9/h3-7,10-11,13,17H,8H2,1-2H3/t10-,11-,13+,14-/m1/s1. The molecule has 0 spiro atoms. The summed E-state index contributed by atoms with van der Waals surface area (Å²) in [5.74, 6) is -0.568. The molecule has 0 amide bonds. The van der Waals surface area contributed by atoms with Crippen molar-refractivity contribution in [2.24, 2.45) is 0 Å². The van der Waals surface area contributed by atoms with Crippen LogP contribution in [0.4, 0.5) is 4.39 Å². The van der Waals surface area contributed by atoms with E-state index in [1.165, 1.54) is 14.0 Å². The third kappa shape index (κ3) is 2.82. The first kappa shape index (κ1) is 14.9. The number of halogens is 1. The number of rotatable bonds is 4. The number of esters is 1. The van der Waals surface area contributed by atoms with Crippen molar-refractivity contribution in [2.75, 3.05) is 13.7 Å². The summed E-state index contributed by atoms with van der Waals surface area (Å²) in [6.07, 6.45) is -3.84. The van der Waals surface area contributed by atoms with E-state index in [9.17, 15) is 14.3 Å². The zero-order valence-electron chi connectivity index (χ0n) is 11.3. The third-order valence-corrected chi connectivity index (χ3v) is 3.26. The molecule has 0 aliphatic carbocycles. The molecule has 6 heteroatoms. The number of aliphatic hydroxyl groups is 1. The van der Waals surface area contributed by atoms with Gasteiger partial charge in [-0.15, -0.1) is 0 Å². The topological polar surface area (TPSA) is 65.0 Å². The Labute approximate surface area is 116 Å². The number of alkyl halides is 1. The van der Waals surface area contributed by atoms with Crippen molar-refractivity contribution >= 4 is 5.97 Å². The fraction of sp³-hybridized carbons (Fsp3) is 0.500. The average Bonchev–Trinajstić information content (AvgIpc) is 2.68. The minimum absolute atomic E-state index is 0.287. The summed E-state index contributed by atoms with van der Waals surface area (Å²) in [6, 6.07) is 8.37. The van der Waals surface area contributed by atoms with E-state index in [1.54, 1.807) is 30.3 Å². The number of carbonyl (C=O) groups is 1. The fourth-order valence-corrected chi connectivity index (χ4v) is 2.11. The van der Waals surface area contributed by atoms with Crippen LogP contribution < -0.4 is 0 Å². The van der Waals surface area contributed by atoms with Crippen molar-refractivity contribution in [1.82, 2.24) is 0 Å². The molecule has 4 atom stereocenters. The molecule has 5 nitrogen and oxygen atoms in total. The van der Waals surface area contributed by atoms with Crippen LogP contribution in [0.3, 0.4) is 0 Å². The molecule has 1 N–H and O–H groups in total. The van der Waals surface area contributed by atoms with Gasteiger partial charge in [0.05, 0.1) is 5.56 Å². The zero-order valence-corrected chi connectivity index (χ0v) is 11.3. The molecule has 1 aromatic carbocycles. The predicted molar refractivity (Wildman–Crippen MR) is 67.9 cm³/mol. The van der Waals surface area contributed by atoms with Crippen molar-refractivity contribution in [3.05, 3.63) is 35.9 Å². The van der Waals surface area contributed by atoms with Crippen LogP contribution in [0.5, 0.6) is 0 Å². The van der Waals surface area contributed by atoms with E-state index in [4.69, 9.17) is 14.2 Å². The number of hydrogen-bond acceptors (Lipinski definition) is 5. The fourth-order valence-electron chi connectivity index (χ4n) is 2.11. The lowest BCUT2D eigenvalue weighted by molar-refractivity contribution is -0.185. The van der Waals surface area contributed by atoms with Crippen molar-refractivity contribution in [2.45, 2.75) is 31.1 Å². The lowest BCUT2D eigenvalue weighted by Crippen LogP contribution is -2.44. The summed E-state index contributed by atoms with van der Waals surface area (Å²) in [5.41, 5.74) is -1.39. The van der Waals surface area contributed by atoms with Crippen LogP contribution in [0.1, 0.15) is 17.3 Å². The van der Waals surface area contributed by atoms with E-state index >= 15 is 0 Å². The Kier molecular flexibility index (Phi) is 4.37. The highest BCUT2D eigenvalue weighted by Crippen LogP contribution is 2.33. The lowest BCUT2D eigenvalue weighted by Gasteiger charge is -2.23. The van der Waals surface area contributed by atoms with Crippen LogP contribution in [0.25, 0.3) is 0 Å². The molecule has 20 heavy (non-hydrogen) atoms. The molecular formula is C14H17FO5. The molecule has 0 unspecified atom stereocenters. The second-order valence-corrected chi connectivity index (χ2v) is 4.83. The van der Waals surface area contributed by atoms with Gasteiger partial charge in [0.2, 0.25) is 0 Å². The SMILES string of the molecule is CO[C@H]1O[C@H](COC(=O)c2ccccc2)[C@@H](F)[C@@]1(C)O. The summed E-state index contributed by atoms with van der Waals surface area (Å²) >= 11 is 0. The molecule has 1 aliphatic heterocycles. The van der Waals surface area contributed by atoms with Gasteiger partial charge >= 0.3 is 5.97 Å². The number of carbonyl (C=O) groups excluding carboxylic acids is 1. The molecule has 110 valence electrons. The quantitative estimate of drug-likeness (QED) is 0.844. The molecule has 1 aliphatic rings. The third-order valence-electron chi connectivity index (χ3n) is 3.26. The summed E-state index contributed by atoms with van der Waals surface area (Å²) in [4.78, 5) is 11.7. The van der Waals surface area contributed by atoms with E-state index in [0.29, 0.717) is 5.56 Å². The van der Waals surface area contributed by atoms with E-state index in [2.05, 4.69) is 0 Å². The van der Waals surface area contributed by atoms with Crippen LogP contribution in [-0.2, 0) is 14.2 Å². The highest BCUT2D eigenvalue weighted by molar-refractivity contribution is 5.89. The van der Waals surface area contributed by atoms with Gasteiger partial charge in [0.15, 0.2) is 12.5 Å². The van der Waals surface area contributed by atoms with Gasteiger partial charge < -0.3 is 19.3 Å². The molecule has 2 rings (SSSR count). The molecule has 1 heterocycles. The van der Waals surface area contributed by atoms with Gasteiger partial charge in [0.25, 0.3) is 0 Å². The maximum Gasteiger partial charge on any atom is 0.338 e. The highest BCUT2D eigenvalue weighted by Gasteiger charge is 2.54. The van der Waals surface area contributed by atoms with Crippen LogP contribution in [-0.4, -0.2) is 49.0 Å². The second-order valence-electron chi connectivity index (χ2n) is 4.83. The van der Waals surface area contributed by atoms with E-state index < -0.39 is 30.1 Å². The first-order valence-electron chi connectivity index (χ1n) is 6.23. The first-order chi connectivity index (χ1) is 9.46.